The van der Waals surface area contributed by atoms with Crippen molar-refractivity contribution >= 4 is 17.7 Å². The van der Waals surface area contributed by atoms with E-state index in [2.05, 4.69) is 5.32 Å². The number of Topliss-reactive ketones (excluding diaryl/α,β-unsaturated/α-hetero) is 1. The largest absolute Gasteiger partial charge is 0.480 e. The Kier molecular flexibility index (Phi) is 10.2. The highest BCUT2D eigenvalue weighted by atomic mass is 16.4. The van der Waals surface area contributed by atoms with Gasteiger partial charge in [-0.2, -0.15) is 0 Å². The first-order valence-electron chi connectivity index (χ1n) is 12.7. The number of unbranched alkanes of at least 4 members (excludes halogenated alkanes) is 1. The van der Waals surface area contributed by atoms with Gasteiger partial charge in [-0.15, -0.1) is 0 Å². The van der Waals surface area contributed by atoms with Gasteiger partial charge in [0.1, 0.15) is 6.04 Å². The van der Waals surface area contributed by atoms with Gasteiger partial charge >= 0.3 is 11.9 Å². The average molecular weight is 496 g/mol. The molecule has 1 saturated heterocycles. The number of likely N-dealkylation sites (tertiary alicyclic amines) is 1. The van der Waals surface area contributed by atoms with Crippen LogP contribution in [0.3, 0.4) is 0 Å². The minimum absolute atomic E-state index is 0.0720. The van der Waals surface area contributed by atoms with Gasteiger partial charge in [-0.1, -0.05) is 67.1 Å². The molecule has 2 aromatic rings. The summed E-state index contributed by atoms with van der Waals surface area (Å²) < 4.78 is 0. The van der Waals surface area contributed by atoms with Crippen molar-refractivity contribution < 1.29 is 24.6 Å². The summed E-state index contributed by atoms with van der Waals surface area (Å²) >= 11 is 0. The van der Waals surface area contributed by atoms with Gasteiger partial charge in [-0.25, -0.2) is 4.79 Å². The molecule has 36 heavy (non-hydrogen) atoms. The predicted octanol–water partition coefficient (Wildman–Crippen LogP) is 2.85. The predicted molar refractivity (Wildman–Crippen MR) is 137 cm³/mol. The number of nitrogens with two attached hydrogens (primary N) is 1. The summed E-state index contributed by atoms with van der Waals surface area (Å²) in [5.41, 5.74) is 6.48. The average Bonchev–Trinajstić information content (AvgIpc) is 3.32. The van der Waals surface area contributed by atoms with Gasteiger partial charge in [0, 0.05) is 13.1 Å². The molecule has 5 N–H and O–H groups in total. The number of carboxylic acid groups (broad SMARTS) is 2. The monoisotopic (exact) mass is 495 g/mol. The molecule has 0 spiro atoms. The van der Waals surface area contributed by atoms with Crippen molar-refractivity contribution in [3.8, 4) is 0 Å². The molecule has 0 saturated carbocycles. The number of hydrogen-bond donors (Lipinski definition) is 4. The van der Waals surface area contributed by atoms with Crippen LogP contribution in [-0.2, 0) is 27.3 Å². The molecule has 8 nitrogen and oxygen atoms in total. The number of nitrogens with one attached hydrogen (secondary N) is 1. The molecule has 3 rings (SSSR count). The zero-order valence-electron chi connectivity index (χ0n) is 20.6. The fraction of sp³-hybridized carbons (Fsp3) is 0.464. The van der Waals surface area contributed by atoms with Crippen LogP contribution in [0.4, 0.5) is 0 Å². The highest BCUT2D eigenvalue weighted by Crippen LogP contribution is 2.35. The lowest BCUT2D eigenvalue weighted by atomic mass is 9.84. The van der Waals surface area contributed by atoms with E-state index in [4.69, 9.17) is 5.73 Å². The minimum Gasteiger partial charge on any atom is -0.480 e. The van der Waals surface area contributed by atoms with Crippen LogP contribution in [0.1, 0.15) is 49.7 Å². The van der Waals surface area contributed by atoms with Crippen LogP contribution >= 0.6 is 0 Å². The number of benzene rings is 2. The molecule has 2 aromatic carbocycles. The van der Waals surface area contributed by atoms with E-state index in [9.17, 15) is 24.6 Å². The molecular weight excluding hydrogens is 458 g/mol. The molecule has 0 bridgehead atoms. The van der Waals surface area contributed by atoms with Crippen molar-refractivity contribution in [2.75, 3.05) is 13.1 Å². The highest BCUT2D eigenvalue weighted by molar-refractivity contribution is 6.10. The maximum atomic E-state index is 13.5. The van der Waals surface area contributed by atoms with Crippen molar-refractivity contribution in [2.45, 2.75) is 69.1 Å². The number of carboxylic acids is 2. The fourth-order valence-corrected chi connectivity index (χ4v) is 5.10. The third-order valence-corrected chi connectivity index (χ3v) is 7.03. The van der Waals surface area contributed by atoms with Gasteiger partial charge in [0.2, 0.25) is 0 Å². The van der Waals surface area contributed by atoms with E-state index in [-0.39, 0.29) is 19.4 Å². The number of ketones is 1. The number of nitrogens with zero attached hydrogens (tertiary/aromatic N) is 1. The lowest BCUT2D eigenvalue weighted by Gasteiger charge is -2.38. The Morgan fingerprint density at radius 1 is 0.944 bits per heavy atom. The molecule has 1 aliphatic rings. The molecule has 194 valence electrons. The van der Waals surface area contributed by atoms with E-state index in [1.165, 1.54) is 10.5 Å². The van der Waals surface area contributed by atoms with Gasteiger partial charge in [0.15, 0.2) is 11.3 Å². The van der Waals surface area contributed by atoms with Gasteiger partial charge in [-0.3, -0.25) is 14.5 Å². The van der Waals surface area contributed by atoms with Crippen LogP contribution in [0.15, 0.2) is 60.7 Å². The summed E-state index contributed by atoms with van der Waals surface area (Å²) in [7, 11) is 0. The van der Waals surface area contributed by atoms with Crippen molar-refractivity contribution in [2.24, 2.45) is 5.73 Å². The first kappa shape index (κ1) is 27.5. The summed E-state index contributed by atoms with van der Waals surface area (Å²) in [6.07, 6.45) is 3.01. The van der Waals surface area contributed by atoms with Crippen molar-refractivity contribution in [1.82, 2.24) is 10.2 Å². The SMILES string of the molecule is N[C@@H](CCCCNCc1ccccc1)C(=O)[C@@]1(C(=O)O)CCCN1C(CCc1ccccc1)C(=O)O. The van der Waals surface area contributed by atoms with Crippen LogP contribution in [-0.4, -0.2) is 63.5 Å². The zero-order chi connectivity index (χ0) is 26.0. The molecular formula is C28H37N3O5. The summed E-state index contributed by atoms with van der Waals surface area (Å²) in [5, 5.41) is 23.5. The van der Waals surface area contributed by atoms with E-state index in [0.717, 1.165) is 25.1 Å². The van der Waals surface area contributed by atoms with Crippen LogP contribution in [0, 0.1) is 0 Å². The maximum Gasteiger partial charge on any atom is 0.332 e. The Morgan fingerprint density at radius 2 is 1.58 bits per heavy atom. The molecule has 8 heteroatoms. The van der Waals surface area contributed by atoms with Crippen molar-refractivity contribution in [3.05, 3.63) is 71.8 Å². The Bertz CT molecular complexity index is 1000. The summed E-state index contributed by atoms with van der Waals surface area (Å²) in [4.78, 5) is 39.6. The Morgan fingerprint density at radius 3 is 2.19 bits per heavy atom. The molecule has 1 unspecified atom stereocenters. The molecule has 0 amide bonds. The normalized spacial score (nSPS) is 19.6. The van der Waals surface area contributed by atoms with Crippen LogP contribution < -0.4 is 11.1 Å². The number of carbonyl (C=O) groups excluding carboxylic acids is 1. The first-order valence-corrected chi connectivity index (χ1v) is 12.7. The number of aliphatic carboxylic acids is 2. The second-order valence-corrected chi connectivity index (χ2v) is 9.47. The van der Waals surface area contributed by atoms with E-state index >= 15 is 0 Å². The number of rotatable bonds is 15. The second kappa shape index (κ2) is 13.3. The van der Waals surface area contributed by atoms with Crippen LogP contribution in [0.2, 0.25) is 0 Å². The summed E-state index contributed by atoms with van der Waals surface area (Å²) in [5.74, 6) is -3.02. The third kappa shape index (κ3) is 6.78. The molecule has 0 radical (unpaired) electrons. The van der Waals surface area contributed by atoms with Gasteiger partial charge in [0.05, 0.1) is 6.04 Å². The third-order valence-electron chi connectivity index (χ3n) is 7.03. The van der Waals surface area contributed by atoms with E-state index < -0.39 is 35.3 Å². The van der Waals surface area contributed by atoms with Gasteiger partial charge in [0.25, 0.3) is 0 Å². The Balaban J connectivity index is 1.59. The van der Waals surface area contributed by atoms with Crippen LogP contribution in [0.5, 0.6) is 0 Å². The first-order chi connectivity index (χ1) is 17.4. The van der Waals surface area contributed by atoms with E-state index in [0.29, 0.717) is 25.7 Å². The summed E-state index contributed by atoms with van der Waals surface area (Å²) in [6, 6.07) is 17.4. The zero-order valence-corrected chi connectivity index (χ0v) is 20.6. The number of aryl methyl sites for hydroxylation is 1. The van der Waals surface area contributed by atoms with Crippen LogP contribution in [0.25, 0.3) is 0 Å². The van der Waals surface area contributed by atoms with E-state index in [1.54, 1.807) is 0 Å². The van der Waals surface area contributed by atoms with E-state index in [1.807, 2.05) is 60.7 Å². The smallest absolute Gasteiger partial charge is 0.332 e. The summed E-state index contributed by atoms with van der Waals surface area (Å²) in [6.45, 7) is 1.75. The molecule has 1 fully saturated rings. The molecule has 1 heterocycles. The lowest BCUT2D eigenvalue weighted by molar-refractivity contribution is -0.161. The maximum absolute atomic E-state index is 13.5. The van der Waals surface area contributed by atoms with Crippen molar-refractivity contribution in [3.63, 3.8) is 0 Å². The second-order valence-electron chi connectivity index (χ2n) is 9.47. The topological polar surface area (TPSA) is 133 Å². The highest BCUT2D eigenvalue weighted by Gasteiger charge is 2.57. The van der Waals surface area contributed by atoms with Gasteiger partial charge in [-0.05, 0) is 56.2 Å². The molecule has 0 aliphatic carbocycles. The lowest BCUT2D eigenvalue weighted by Crippen LogP contribution is -2.64. The van der Waals surface area contributed by atoms with Gasteiger partial charge < -0.3 is 21.3 Å². The molecule has 3 atom stereocenters. The Labute approximate surface area is 212 Å². The van der Waals surface area contributed by atoms with Crippen molar-refractivity contribution in [1.29, 1.82) is 0 Å². The minimum atomic E-state index is -1.90. The number of carbonyl (C=O) groups is 3. The Hall–Kier alpha value is -3.07. The fourth-order valence-electron chi connectivity index (χ4n) is 5.10. The quantitative estimate of drug-likeness (QED) is 0.219. The molecule has 1 aliphatic heterocycles. The molecule has 0 aromatic heterocycles. The number of hydrogen-bond acceptors (Lipinski definition) is 6. The standard InChI is InChI=1S/C28H37N3O5/c29-23(14-7-8-18-30-20-22-12-5-2-6-13-22)25(32)28(27(35)36)17-9-19-31(28)24(26(33)34)16-15-21-10-3-1-4-11-21/h1-6,10-13,23-24,30H,7-9,14-20,29H2,(H,33,34)(H,35,36)/t23-,24?,28+/m0/s1.